The van der Waals surface area contributed by atoms with E-state index in [0.29, 0.717) is 0 Å². The molecular weight excluding hydrogens is 415 g/mol. The van der Waals surface area contributed by atoms with Crippen LogP contribution in [0.4, 0.5) is 5.69 Å². The van der Waals surface area contributed by atoms with Gasteiger partial charge < -0.3 is 13.9 Å². The molecule has 0 bridgehead atoms. The second-order valence-corrected chi connectivity index (χ2v) is 11.7. The van der Waals surface area contributed by atoms with Crippen molar-refractivity contribution in [3.63, 3.8) is 0 Å². The Bertz CT molecular complexity index is 733. The molecule has 0 saturated carbocycles. The summed E-state index contributed by atoms with van der Waals surface area (Å²) in [6.45, 7) is 17.5. The van der Waals surface area contributed by atoms with E-state index in [0.717, 1.165) is 5.69 Å². The lowest BCUT2D eigenvalue weighted by atomic mass is 9.94. The Morgan fingerprint density at radius 3 is 1.87 bits per heavy atom. The molecule has 0 N–H and O–H groups in total. The molecule has 31 heavy (non-hydrogen) atoms. The molecule has 2 unspecified atom stereocenters. The first-order valence-electron chi connectivity index (χ1n) is 10.9. The van der Waals surface area contributed by atoms with Gasteiger partial charge in [-0.05, 0) is 59.1 Å². The number of hydrogen-bond donors (Lipinski definition) is 0. The molecular formula is C23H41N2O5P. The Balaban J connectivity index is 3.34. The number of hydroxylamine groups is 2. The summed E-state index contributed by atoms with van der Waals surface area (Å²) >= 11 is 0. The van der Waals surface area contributed by atoms with E-state index >= 15 is 0 Å². The summed E-state index contributed by atoms with van der Waals surface area (Å²) in [5, 5.41) is 1.64. The standard InChI is InChI=1S/C23H41N2O5P/c1-11-28-31(27,29-12-2)21(22(4,5)6)25(23(7,8)9)30-18(3)20(26)24(10)19-16-14-13-15-17-19/h13-18,21H,11-12H2,1-10H3. The first-order chi connectivity index (χ1) is 14.2. The minimum Gasteiger partial charge on any atom is -0.313 e. The van der Waals surface area contributed by atoms with Crippen LogP contribution in [-0.4, -0.2) is 48.7 Å². The van der Waals surface area contributed by atoms with Gasteiger partial charge >= 0.3 is 7.60 Å². The highest BCUT2D eigenvalue weighted by Crippen LogP contribution is 2.60. The first-order valence-corrected chi connectivity index (χ1v) is 12.5. The van der Waals surface area contributed by atoms with Crippen molar-refractivity contribution in [3.8, 4) is 0 Å². The quantitative estimate of drug-likeness (QED) is 0.332. The van der Waals surface area contributed by atoms with Gasteiger partial charge in [0.15, 0.2) is 6.10 Å². The molecule has 2 atom stereocenters. The van der Waals surface area contributed by atoms with Crippen LogP contribution in [0.25, 0.3) is 0 Å². The summed E-state index contributed by atoms with van der Waals surface area (Å²) in [4.78, 5) is 20.9. The summed E-state index contributed by atoms with van der Waals surface area (Å²) in [7, 11) is -1.88. The van der Waals surface area contributed by atoms with Crippen LogP contribution in [0.1, 0.15) is 62.3 Å². The van der Waals surface area contributed by atoms with Crippen molar-refractivity contribution in [2.45, 2.75) is 79.7 Å². The van der Waals surface area contributed by atoms with Gasteiger partial charge in [0.25, 0.3) is 5.91 Å². The van der Waals surface area contributed by atoms with Crippen LogP contribution in [0.2, 0.25) is 0 Å². The number of carbonyl (C=O) groups excluding carboxylic acids is 1. The van der Waals surface area contributed by atoms with Crippen molar-refractivity contribution in [2.75, 3.05) is 25.2 Å². The predicted molar refractivity (Wildman–Crippen MR) is 126 cm³/mol. The number of amides is 1. The topological polar surface area (TPSA) is 68.3 Å². The van der Waals surface area contributed by atoms with E-state index in [1.807, 2.05) is 71.9 Å². The van der Waals surface area contributed by atoms with Gasteiger partial charge in [-0.25, -0.2) is 0 Å². The van der Waals surface area contributed by atoms with Gasteiger partial charge in [0, 0.05) is 18.3 Å². The molecule has 0 spiro atoms. The third kappa shape index (κ3) is 7.40. The molecule has 178 valence electrons. The molecule has 8 heteroatoms. The minimum atomic E-state index is -3.60. The molecule has 0 aliphatic rings. The largest absolute Gasteiger partial charge is 0.350 e. The van der Waals surface area contributed by atoms with Crippen LogP contribution in [-0.2, 0) is 23.2 Å². The van der Waals surface area contributed by atoms with Gasteiger partial charge in [-0.1, -0.05) is 39.0 Å². The van der Waals surface area contributed by atoms with E-state index in [2.05, 4.69) is 0 Å². The maximum atomic E-state index is 13.9. The maximum Gasteiger partial charge on any atom is 0.350 e. The lowest BCUT2D eigenvalue weighted by Gasteiger charge is -2.48. The highest BCUT2D eigenvalue weighted by atomic mass is 31.2. The molecule has 0 fully saturated rings. The zero-order chi connectivity index (χ0) is 24.0. The molecule has 7 nitrogen and oxygen atoms in total. The average molecular weight is 457 g/mol. The summed E-state index contributed by atoms with van der Waals surface area (Å²) in [6, 6.07) is 9.38. The predicted octanol–water partition coefficient (Wildman–Crippen LogP) is 5.71. The monoisotopic (exact) mass is 456 g/mol. The number of hydrogen-bond acceptors (Lipinski definition) is 6. The Labute approximate surface area is 188 Å². The van der Waals surface area contributed by atoms with Gasteiger partial charge in [-0.15, -0.1) is 0 Å². The molecule has 0 aromatic heterocycles. The number of anilines is 1. The molecule has 1 rings (SSSR count). The molecule has 0 radical (unpaired) electrons. The second kappa shape index (κ2) is 11.1. The second-order valence-electron chi connectivity index (χ2n) is 9.59. The number of nitrogens with zero attached hydrogens (tertiary/aromatic N) is 2. The van der Waals surface area contributed by atoms with Crippen molar-refractivity contribution in [2.24, 2.45) is 5.41 Å². The number of para-hydroxylation sites is 1. The van der Waals surface area contributed by atoms with Crippen LogP contribution in [0.15, 0.2) is 30.3 Å². The Hall–Kier alpha value is -1.24. The average Bonchev–Trinajstić information content (AvgIpc) is 2.65. The van der Waals surface area contributed by atoms with Gasteiger partial charge in [0.1, 0.15) is 5.78 Å². The smallest absolute Gasteiger partial charge is 0.313 e. The Morgan fingerprint density at radius 1 is 1.00 bits per heavy atom. The van der Waals surface area contributed by atoms with Crippen LogP contribution in [0.5, 0.6) is 0 Å². The zero-order valence-corrected chi connectivity index (χ0v) is 21.7. The zero-order valence-electron chi connectivity index (χ0n) is 20.8. The third-order valence-corrected chi connectivity index (χ3v) is 7.49. The van der Waals surface area contributed by atoms with Crippen LogP contribution < -0.4 is 4.90 Å². The fourth-order valence-electron chi connectivity index (χ4n) is 3.34. The molecule has 0 saturated heterocycles. The Kier molecular flexibility index (Phi) is 9.92. The summed E-state index contributed by atoms with van der Waals surface area (Å²) in [5.74, 6) is -0.937. The van der Waals surface area contributed by atoms with E-state index in [9.17, 15) is 9.36 Å². The van der Waals surface area contributed by atoms with Crippen LogP contribution in [0, 0.1) is 5.41 Å². The molecule has 1 aromatic carbocycles. The Morgan fingerprint density at radius 2 is 1.48 bits per heavy atom. The van der Waals surface area contributed by atoms with Crippen LogP contribution in [0.3, 0.4) is 0 Å². The molecule has 0 heterocycles. The number of likely N-dealkylation sites (N-methyl/N-ethyl adjacent to an activating group) is 1. The molecule has 0 aliphatic heterocycles. The van der Waals surface area contributed by atoms with E-state index in [4.69, 9.17) is 13.9 Å². The summed E-state index contributed by atoms with van der Waals surface area (Å²) in [5.41, 5.74) is -0.338. The lowest BCUT2D eigenvalue weighted by molar-refractivity contribution is -0.257. The molecule has 1 amide bonds. The van der Waals surface area contributed by atoms with E-state index in [-0.39, 0.29) is 19.1 Å². The van der Waals surface area contributed by atoms with Crippen molar-refractivity contribution in [3.05, 3.63) is 30.3 Å². The maximum absolute atomic E-state index is 13.9. The minimum absolute atomic E-state index is 0.212. The van der Waals surface area contributed by atoms with Gasteiger partial charge in [-0.3, -0.25) is 14.2 Å². The van der Waals surface area contributed by atoms with Gasteiger partial charge in [0.2, 0.25) is 0 Å². The van der Waals surface area contributed by atoms with Crippen molar-refractivity contribution >= 4 is 19.2 Å². The normalized spacial score (nSPS) is 15.1. The number of benzene rings is 1. The van der Waals surface area contributed by atoms with E-state index < -0.39 is 30.4 Å². The fraction of sp³-hybridized carbons (Fsp3) is 0.696. The van der Waals surface area contributed by atoms with Crippen molar-refractivity contribution < 1.29 is 23.2 Å². The lowest BCUT2D eigenvalue weighted by Crippen LogP contribution is -2.56. The van der Waals surface area contributed by atoms with Gasteiger partial charge in [0.05, 0.1) is 13.2 Å². The third-order valence-electron chi connectivity index (χ3n) is 4.67. The number of rotatable bonds is 10. The van der Waals surface area contributed by atoms with Crippen LogP contribution >= 0.6 is 7.60 Å². The number of carbonyl (C=O) groups is 1. The van der Waals surface area contributed by atoms with E-state index in [1.165, 1.54) is 0 Å². The molecule has 0 aliphatic carbocycles. The summed E-state index contributed by atoms with van der Waals surface area (Å²) < 4.78 is 25.3. The fourth-order valence-corrected chi connectivity index (χ4v) is 6.03. The van der Waals surface area contributed by atoms with Crippen molar-refractivity contribution in [1.82, 2.24) is 5.06 Å². The highest BCUT2D eigenvalue weighted by Gasteiger charge is 2.52. The summed E-state index contributed by atoms with van der Waals surface area (Å²) in [6.07, 6.45) is -0.814. The van der Waals surface area contributed by atoms with E-state index in [1.54, 1.807) is 37.8 Å². The van der Waals surface area contributed by atoms with Crippen molar-refractivity contribution in [1.29, 1.82) is 0 Å². The van der Waals surface area contributed by atoms with Gasteiger partial charge in [-0.2, -0.15) is 5.06 Å². The SMILES string of the molecule is CCOP(=O)(OCC)C(N(OC(C)C(=O)N(C)c1ccccc1)C(C)(C)C)C(C)(C)C. The first kappa shape index (κ1) is 27.8. The molecule has 1 aromatic rings. The highest BCUT2D eigenvalue weighted by molar-refractivity contribution is 7.54.